The lowest BCUT2D eigenvalue weighted by Gasteiger charge is -3.03. The van der Waals surface area contributed by atoms with Gasteiger partial charge in [-0.1, -0.05) is 198 Å². The van der Waals surface area contributed by atoms with E-state index in [0.29, 0.717) is 0 Å². The lowest BCUT2D eigenvalue weighted by Crippen LogP contribution is -3.00. The van der Waals surface area contributed by atoms with Crippen LogP contribution in [0, 0.1) is 124 Å². The molecule has 0 heterocycles. The van der Waals surface area contributed by atoms with Crippen molar-refractivity contribution < 1.29 is 0 Å². The molecule has 20 aliphatic carbocycles. The topological polar surface area (TPSA) is 0 Å². The van der Waals surface area contributed by atoms with E-state index in [0.717, 1.165) is 23.2 Å². The van der Waals surface area contributed by atoms with Gasteiger partial charge in [-0.2, -0.15) is 0 Å². The van der Waals surface area contributed by atoms with Crippen LogP contribution in [0.3, 0.4) is 0 Å². The van der Waals surface area contributed by atoms with Crippen molar-refractivity contribution >= 4 is 0 Å². The molecule has 20 aliphatic rings. The van der Waals surface area contributed by atoms with Gasteiger partial charge in [0, 0.05) is 0 Å². The van der Waals surface area contributed by atoms with Crippen molar-refractivity contribution in [1.82, 2.24) is 0 Å². The number of fused-ring (bicyclic) bond motifs is 5. The molecule has 0 nitrogen and oxygen atoms in total. The van der Waals surface area contributed by atoms with E-state index in [1.54, 1.807) is 70.6 Å². The summed E-state index contributed by atoms with van der Waals surface area (Å²) in [6.07, 6.45) is 65.9. The molecule has 0 aromatic carbocycles. The fourth-order valence-electron chi connectivity index (χ4n) is 22.3. The molecule has 1 spiro atoms. The quantitative estimate of drug-likeness (QED) is 0.168. The van der Waals surface area contributed by atoms with E-state index >= 15 is 0 Å². The molecule has 0 radical (unpaired) electrons. The summed E-state index contributed by atoms with van der Waals surface area (Å²) in [7, 11) is 0. The molecule has 354 valence electrons. The van der Waals surface area contributed by atoms with Crippen LogP contribution in [0.5, 0.6) is 0 Å². The molecular formula is C63H102. The Morgan fingerprint density at radius 3 is 0.857 bits per heavy atom. The lowest BCUT2D eigenvalue weighted by atomic mass is 9.01. The van der Waals surface area contributed by atoms with Crippen LogP contribution in [0.4, 0.5) is 0 Å². The molecular weight excluding hydrogens is 757 g/mol. The van der Waals surface area contributed by atoms with Crippen molar-refractivity contribution in [2.45, 2.75) is 257 Å². The van der Waals surface area contributed by atoms with Crippen molar-refractivity contribution in [2.24, 2.45) is 124 Å². The summed E-state index contributed by atoms with van der Waals surface area (Å²) >= 11 is 0. The third kappa shape index (κ3) is 8.12. The van der Waals surface area contributed by atoms with Crippen LogP contribution in [-0.4, -0.2) is 0 Å². The molecule has 0 aliphatic heterocycles. The molecule has 13 atom stereocenters. The number of rotatable bonds is 0. The first-order chi connectivity index (χ1) is 31.3. The van der Waals surface area contributed by atoms with Crippen LogP contribution in [0.15, 0.2) is 12.2 Å². The fraction of sp³-hybridized carbons (Fsp3) is 0.968. The van der Waals surface area contributed by atoms with Gasteiger partial charge >= 0.3 is 0 Å². The molecule has 0 aromatic heterocycles. The van der Waals surface area contributed by atoms with E-state index in [-0.39, 0.29) is 0 Å². The Balaban J connectivity index is 0.0000000775. The van der Waals surface area contributed by atoms with E-state index in [1.807, 2.05) is 0 Å². The molecule has 0 amide bonds. The van der Waals surface area contributed by atoms with Gasteiger partial charge in [0.15, 0.2) is 0 Å². The Morgan fingerprint density at radius 1 is 0.254 bits per heavy atom. The Kier molecular flexibility index (Phi) is 13.7. The first-order valence-electron chi connectivity index (χ1n) is 31.0. The molecule has 20 rings (SSSR count). The highest BCUT2D eigenvalue weighted by Crippen LogP contribution is 3.01. The highest BCUT2D eigenvalue weighted by atomic mass is 15.0. The van der Waals surface area contributed by atoms with Gasteiger partial charge in [0.1, 0.15) is 0 Å². The van der Waals surface area contributed by atoms with Gasteiger partial charge < -0.3 is 0 Å². The molecule has 63 heavy (non-hydrogen) atoms. The van der Waals surface area contributed by atoms with Crippen LogP contribution in [0.2, 0.25) is 0 Å². The minimum absolute atomic E-state index is 0.906. The second-order valence-electron chi connectivity index (χ2n) is 27.5. The van der Waals surface area contributed by atoms with Gasteiger partial charge in [-0.25, -0.2) is 0 Å². The van der Waals surface area contributed by atoms with Gasteiger partial charge in [0.05, 0.1) is 0 Å². The zero-order valence-electron chi connectivity index (χ0n) is 41.5. The first-order valence-corrected chi connectivity index (χ1v) is 31.0. The second-order valence-corrected chi connectivity index (χ2v) is 27.5. The molecule has 19 fully saturated rings. The minimum Gasteiger partial charge on any atom is -0.0851 e. The summed E-state index contributed by atoms with van der Waals surface area (Å²) in [6, 6.07) is 0. The van der Waals surface area contributed by atoms with E-state index in [1.165, 1.54) is 287 Å². The third-order valence-corrected chi connectivity index (χ3v) is 25.0. The van der Waals surface area contributed by atoms with Gasteiger partial charge in [0.25, 0.3) is 0 Å². The van der Waals surface area contributed by atoms with Gasteiger partial charge in [-0.15, -0.1) is 0 Å². The standard InChI is InChI=1S/C11H14.C11H18.C8H8.C8H16.C7H10.C7H14.C6H12.C5H10/c1-4-5-2-9-8(1)10-6(4)3-7(5)11(9)10;1-3-9-7-10-4-2-6-11(10,5-1)8-9;1-2-5-3(1)7-4(1)6(2)8(5)7;1-2-4-6-8-7-5-3-1;1-2-7-4-3-6(1)5-7;1-2-4-6-7-5-3-1;1-2-4-6-5-3-1;1-2-4-5-3-1/h4-11H,1-3H2;9-10H,1-8H2;1-8H;1-8H2;1-2,6-7H,3-5H2;1-7H2;1-6H2;1-5H2. The van der Waals surface area contributed by atoms with E-state index in [4.69, 9.17) is 0 Å². The largest absolute Gasteiger partial charge is 0.0851 e. The van der Waals surface area contributed by atoms with Crippen LogP contribution in [0.25, 0.3) is 0 Å². The summed E-state index contributed by atoms with van der Waals surface area (Å²) in [5.74, 6) is 25.1. The summed E-state index contributed by atoms with van der Waals surface area (Å²) in [4.78, 5) is 0. The van der Waals surface area contributed by atoms with Crippen LogP contribution < -0.4 is 0 Å². The van der Waals surface area contributed by atoms with Crippen molar-refractivity contribution in [3.8, 4) is 0 Å². The average Bonchev–Trinajstić information content (AvgIpc) is 4.21. The maximum atomic E-state index is 2.38. The molecule has 0 heteroatoms. The summed E-state index contributed by atoms with van der Waals surface area (Å²) in [5.41, 5.74) is 0.906. The SMILES string of the molecule is C12C3C4C1C1C2C3C41.C1=CC2CCC1C2.C1C2C3CC4C5CC3C1C5C24.C1CC2CC3CCCC3(C1)C2.C1CCCC1.C1CCCCC1.C1CCCCCC1.C1CCCCCCC1. The Morgan fingerprint density at radius 2 is 0.556 bits per heavy atom. The molecule has 0 saturated heterocycles. The second kappa shape index (κ2) is 19.6. The van der Waals surface area contributed by atoms with Crippen LogP contribution >= 0.6 is 0 Å². The van der Waals surface area contributed by atoms with Crippen molar-refractivity contribution in [3.63, 3.8) is 0 Å². The molecule has 0 N–H and O–H groups in total. The zero-order chi connectivity index (χ0) is 41.7. The number of hydrogen-bond donors (Lipinski definition) is 0. The normalized spacial score (nSPS) is 53.1. The Hall–Kier alpha value is -0.260. The van der Waals surface area contributed by atoms with Crippen molar-refractivity contribution in [3.05, 3.63) is 12.2 Å². The predicted octanol–water partition coefficient (Wildman–Crippen LogP) is 18.6. The van der Waals surface area contributed by atoms with Crippen LogP contribution in [0.1, 0.15) is 257 Å². The highest BCUT2D eigenvalue weighted by Gasteiger charge is 2.97. The maximum absolute atomic E-state index is 2.38. The molecule has 13 unspecified atom stereocenters. The zero-order valence-corrected chi connectivity index (χ0v) is 41.5. The molecule has 19 saturated carbocycles. The fourth-order valence-corrected chi connectivity index (χ4v) is 22.3. The lowest BCUT2D eigenvalue weighted by molar-refractivity contribution is -0.565. The van der Waals surface area contributed by atoms with E-state index < -0.39 is 0 Å². The molecule has 6 bridgehead atoms. The minimum atomic E-state index is 0.906. The predicted molar refractivity (Wildman–Crippen MR) is 266 cm³/mol. The number of allylic oxidation sites excluding steroid dienone is 2. The average molecular weight is 860 g/mol. The van der Waals surface area contributed by atoms with Crippen molar-refractivity contribution in [2.75, 3.05) is 0 Å². The first kappa shape index (κ1) is 44.0. The van der Waals surface area contributed by atoms with E-state index in [9.17, 15) is 0 Å². The number of hydrogen-bond acceptors (Lipinski definition) is 0. The Bertz CT molecular complexity index is 1260. The van der Waals surface area contributed by atoms with E-state index in [2.05, 4.69) is 12.2 Å². The smallest absolute Gasteiger partial charge is 0.0228 e. The van der Waals surface area contributed by atoms with Gasteiger partial charge in [-0.05, 0) is 194 Å². The van der Waals surface area contributed by atoms with Gasteiger partial charge in [0.2, 0.25) is 0 Å². The highest BCUT2D eigenvalue weighted by molar-refractivity contribution is 5.44. The third-order valence-electron chi connectivity index (χ3n) is 25.0. The summed E-state index contributed by atoms with van der Waals surface area (Å²) < 4.78 is 0. The molecule has 0 aromatic rings. The van der Waals surface area contributed by atoms with Gasteiger partial charge in [-0.3, -0.25) is 0 Å². The summed E-state index contributed by atoms with van der Waals surface area (Å²) in [6.45, 7) is 0. The summed E-state index contributed by atoms with van der Waals surface area (Å²) in [5, 5.41) is 0. The Labute approximate surface area is 391 Å². The van der Waals surface area contributed by atoms with Crippen LogP contribution in [-0.2, 0) is 0 Å². The van der Waals surface area contributed by atoms with Crippen molar-refractivity contribution in [1.29, 1.82) is 0 Å². The maximum Gasteiger partial charge on any atom is -0.0228 e. The monoisotopic (exact) mass is 859 g/mol.